The molecule has 10 aromatic rings. The predicted octanol–water partition coefficient (Wildman–Crippen LogP) is 19.8. The van der Waals surface area contributed by atoms with Crippen molar-refractivity contribution in [3.63, 3.8) is 0 Å². The van der Waals surface area contributed by atoms with Crippen molar-refractivity contribution < 1.29 is 105 Å². The average molecular weight is 2360 g/mol. The molecule has 0 unspecified atom stereocenters. The van der Waals surface area contributed by atoms with Crippen molar-refractivity contribution in [2.75, 3.05) is 55.2 Å². The molecule has 0 fully saturated rings. The number of cyclic esters (lactones) is 1. The summed E-state index contributed by atoms with van der Waals surface area (Å²) < 4.78 is 53.1. The van der Waals surface area contributed by atoms with Gasteiger partial charge in [0.15, 0.2) is 38.7 Å². The van der Waals surface area contributed by atoms with E-state index in [-0.39, 0.29) is 65.5 Å². The van der Waals surface area contributed by atoms with Gasteiger partial charge in [0, 0.05) is 61.7 Å². The van der Waals surface area contributed by atoms with Crippen LogP contribution in [0.3, 0.4) is 0 Å². The van der Waals surface area contributed by atoms with Crippen molar-refractivity contribution in [3.8, 4) is 21.4 Å². The summed E-state index contributed by atoms with van der Waals surface area (Å²) in [4.78, 5) is 191. The van der Waals surface area contributed by atoms with E-state index in [1.54, 1.807) is 87.6 Å². The molecule has 0 atom stereocenters. The van der Waals surface area contributed by atoms with Crippen LogP contribution in [0.5, 0.6) is 0 Å². The number of carboxylic acids is 1. The third-order valence-electron chi connectivity index (χ3n) is 14.2. The molecule has 3 amide bonds. The van der Waals surface area contributed by atoms with Crippen LogP contribution in [0.1, 0.15) is 210 Å². The number of nitrogen functional groups attached to an aromatic ring is 1. The molecule has 728 valence electrons. The molecule has 52 heteroatoms. The van der Waals surface area contributed by atoms with E-state index < -0.39 is 95.1 Å². The van der Waals surface area contributed by atoms with Crippen molar-refractivity contribution in [2.24, 2.45) is 0 Å². The van der Waals surface area contributed by atoms with Crippen LogP contribution >= 0.6 is 143 Å². The van der Waals surface area contributed by atoms with Crippen LogP contribution in [0.15, 0.2) is 76.6 Å². The normalized spacial score (nSPS) is 11.5. The maximum Gasteiger partial charge on any atom is 0.413 e. The number of carbonyl (C=O) groups excluding carboxylic acids is 10. The molecule has 0 saturated carbocycles. The van der Waals surface area contributed by atoms with Crippen LogP contribution < -0.4 is 25.4 Å². The Kier molecular flexibility index (Phi) is 49.5. The summed E-state index contributed by atoms with van der Waals surface area (Å²) in [5.74, 6) is -2.46. The van der Waals surface area contributed by atoms with Crippen molar-refractivity contribution in [1.82, 2.24) is 69.8 Å². The van der Waals surface area contributed by atoms with E-state index in [1.165, 1.54) is 113 Å². The van der Waals surface area contributed by atoms with E-state index in [1.807, 2.05) is 82.2 Å². The number of ether oxygens (including phenoxy) is 10. The van der Waals surface area contributed by atoms with Gasteiger partial charge in [-0.1, -0.05) is 11.6 Å². The number of nitrogens with two attached hydrogens (primary N) is 1. The summed E-state index contributed by atoms with van der Waals surface area (Å²) in [6.45, 7) is 40.1. The number of anilines is 4. The fourth-order valence-corrected chi connectivity index (χ4v) is 19.6. The number of esters is 6. The first-order valence-electron chi connectivity index (χ1n) is 39.5. The van der Waals surface area contributed by atoms with E-state index in [0.717, 1.165) is 40.8 Å². The van der Waals surface area contributed by atoms with Gasteiger partial charge in [-0.25, -0.2) is 103 Å². The van der Waals surface area contributed by atoms with Crippen LogP contribution in [-0.4, -0.2) is 215 Å². The minimum atomic E-state index is -2.21. The molecule has 0 spiro atoms. The van der Waals surface area contributed by atoms with Gasteiger partial charge in [0.1, 0.15) is 66.5 Å². The number of hydrogen-bond donors (Lipinski definition) is 5. The zero-order valence-corrected chi connectivity index (χ0v) is 92.8. The molecule has 134 heavy (non-hydrogen) atoms. The topological polar surface area (TPSA) is 543 Å². The van der Waals surface area contributed by atoms with Crippen LogP contribution in [0.4, 0.5) is 37.7 Å². The van der Waals surface area contributed by atoms with E-state index in [0.29, 0.717) is 77.2 Å². The van der Waals surface area contributed by atoms with E-state index >= 15 is 0 Å². The number of nitrogens with zero attached hydrogens (tertiary/aromatic N) is 14. The maximum atomic E-state index is 11.9. The summed E-state index contributed by atoms with van der Waals surface area (Å²) in [5, 5.41) is 17.8. The molecule has 0 aliphatic carbocycles. The second-order valence-electron chi connectivity index (χ2n) is 30.6. The summed E-state index contributed by atoms with van der Waals surface area (Å²) in [6, 6.07) is 6.71. The van der Waals surface area contributed by atoms with E-state index in [4.69, 9.17) is 60.3 Å². The number of Topliss-reactive ketones (excluding diaryl/α,β-unsaturated/α-hetero) is 1. The monoisotopic (exact) mass is 2350 g/mol. The molecule has 0 saturated heterocycles. The number of hydrogen-bond acceptors (Lipinski definition) is 42. The predicted molar refractivity (Wildman–Crippen MR) is 527 cm³/mol. The van der Waals surface area contributed by atoms with E-state index in [9.17, 15) is 52.7 Å². The SMILES string of the molecule is CC(=O)CC1=CC(=O)OC(C)(C)O1.CCOC(=O)c1ncc[c]([Sn]([CH3])([CH3])[CH3])n1.CCOC(=O)c1nccc(-c2nc(N)c(C)s2)n1.CCOC(=O)c1nccc(-c2nc(NC(=O)OC(C)(C)C)c(C)s2)n1.CCOC(=O)c1nccc(Cl)n1.COC(=O)c1nc(Br)sc1C.Cc1sc(Br)nc1C(=O)O.Cc1sc(Br)nc1NC(=O)OC(C)(C)C.Cc1sc(Br)nc1NC(=O)OC(C)(C)C. The minimum absolute atomic E-state index is 0.00986. The Labute approximate surface area is 840 Å². The number of ketones is 1. The second kappa shape index (κ2) is 56.0. The third-order valence-corrected chi connectivity index (χ3v) is 27.3. The van der Waals surface area contributed by atoms with Crippen LogP contribution in [0.25, 0.3) is 21.4 Å². The van der Waals surface area contributed by atoms with Crippen molar-refractivity contribution >= 4 is 255 Å². The third kappa shape index (κ3) is 45.2. The Bertz CT molecular complexity index is 5640. The van der Waals surface area contributed by atoms with Crippen molar-refractivity contribution in [2.45, 2.75) is 196 Å². The van der Waals surface area contributed by atoms with Gasteiger partial charge in [-0.05, 0) is 213 Å². The number of thiazole rings is 6. The number of nitrogens with one attached hydrogen (secondary N) is 3. The summed E-state index contributed by atoms with van der Waals surface area (Å²) in [5.41, 5.74) is 5.67. The number of rotatable bonds is 18. The first-order valence-corrected chi connectivity index (χ1v) is 58.0. The van der Waals surface area contributed by atoms with Crippen molar-refractivity contribution in [3.05, 3.63) is 146 Å². The second-order valence-corrected chi connectivity index (χ2v) is 57.6. The molecule has 10 aromatic heterocycles. The summed E-state index contributed by atoms with van der Waals surface area (Å²) in [6.07, 6.45) is 5.80. The van der Waals surface area contributed by atoms with Gasteiger partial charge in [0.05, 0.1) is 39.4 Å². The maximum absolute atomic E-state index is 11.9. The molecule has 0 bridgehead atoms. The smallest absolute Gasteiger partial charge is 0.413 e. The zero-order valence-electron chi connectivity index (χ0n) is 77.9. The molecule has 11 rings (SSSR count). The molecule has 40 nitrogen and oxygen atoms in total. The van der Waals surface area contributed by atoms with Gasteiger partial charge in [0.25, 0.3) is 0 Å². The molecular weight excluding hydrogens is 2260 g/mol. The van der Waals surface area contributed by atoms with Crippen LogP contribution in [-0.2, 0) is 57.0 Å². The molecular formula is C82H103Br4ClN18O22S6Sn. The standard InChI is InChI=1S/C16H20N4O4S.C11H12N4O2S.2C9H13BrN2O2S.C9H12O4.C7H7ClN2O2.C7H7N2O2.C6H6BrNO2S.C5H4BrNO2S.3CH3.Sn/c1-6-23-14(21)12-17-8-7-10(18-12)13-19-11(9(2)25-13)20-15(22)24-16(3,4)5;1-3-17-11(16)9-13-5-4-7(14-9)10-15-8(12)6(2)18-10;2*1-5-6(11-7(10)15-5)12-8(13)14-9(2,3)4;1-6(10)4-7-5-8(11)13-9(2,3)12-7;1-2-12-7(11)6-9-4-3-5(8)10-6;1-2-11-7(10)6-8-4-3-5-9-6;1-3-4(5(9)10-2)8-6(7)11-3;1-2-3(4(8)9)7-5(6)10-2;;;;/h7-8H,6H2,1-5H3,(H,20,22);4-5H,3,12H2,1-2H3;2*1-4H3,(H,12,13);5H,4H2,1-3H3;3-4H,2H2,1H3;3-4H,2H2,1H3;1-2H3;1H3,(H,8,9);3*1H3;. The first-order chi connectivity index (χ1) is 62.2. The largest absolute Gasteiger partial charge is 0.476 e. The Morgan fingerprint density at radius 2 is 0.813 bits per heavy atom. The van der Waals surface area contributed by atoms with Gasteiger partial charge in [-0.2, -0.15) is 0 Å². The Balaban J connectivity index is 0.000000393. The Hall–Kier alpha value is -9.78. The zero-order chi connectivity index (χ0) is 102. The molecule has 1 aliphatic rings. The van der Waals surface area contributed by atoms with Crippen LogP contribution in [0, 0.1) is 41.5 Å². The van der Waals surface area contributed by atoms with Gasteiger partial charge >= 0.3 is 148 Å². The molecule has 1 aliphatic heterocycles. The average Bonchev–Trinajstić information content (AvgIpc) is 1.65. The quantitative estimate of drug-likeness (QED) is 0.0230. The number of amides is 3. The number of halogens is 5. The van der Waals surface area contributed by atoms with Crippen LogP contribution in [0.2, 0.25) is 20.0 Å². The van der Waals surface area contributed by atoms with Gasteiger partial charge in [-0.15, -0.1) is 68.0 Å². The summed E-state index contributed by atoms with van der Waals surface area (Å²) >= 11 is 24.5. The number of aromatic carboxylic acids is 1. The van der Waals surface area contributed by atoms with Crippen molar-refractivity contribution in [1.29, 1.82) is 0 Å². The van der Waals surface area contributed by atoms with Gasteiger partial charge in [0.2, 0.25) is 23.3 Å². The number of allylic oxidation sites excluding steroid dienone is 1. The number of methoxy groups -OCH3 is 1. The molecule has 0 radical (unpaired) electrons. The fourth-order valence-electron chi connectivity index (χ4n) is 8.86. The van der Waals surface area contributed by atoms with Gasteiger partial charge in [-0.3, -0.25) is 20.7 Å². The number of aryl methyl sites for hydroxylation is 6. The number of carbonyl (C=O) groups is 11. The first kappa shape index (κ1) is 118. The number of aromatic nitrogens is 14. The Morgan fingerprint density at radius 3 is 1.13 bits per heavy atom. The number of carboxylic acid groups (broad SMARTS) is 1. The minimum Gasteiger partial charge on any atom is -0.476 e. The Morgan fingerprint density at radius 1 is 0.470 bits per heavy atom. The van der Waals surface area contributed by atoms with E-state index in [2.05, 4.69) is 174 Å². The summed E-state index contributed by atoms with van der Waals surface area (Å²) in [7, 11) is 1.34. The molecule has 0 aromatic carbocycles. The molecule has 6 N–H and O–H groups in total. The molecule has 11 heterocycles. The van der Waals surface area contributed by atoms with Gasteiger partial charge < -0.3 is 53.5 Å². The fraction of sp³-hybridized carbons (Fsp3) is 0.427.